The molecule has 2 aromatic rings. The molecule has 0 bridgehead atoms. The first-order valence-corrected chi connectivity index (χ1v) is 6.03. The lowest BCUT2D eigenvalue weighted by atomic mass is 10.3. The third kappa shape index (κ3) is 2.52. The second-order valence-electron chi connectivity index (χ2n) is 3.85. The summed E-state index contributed by atoms with van der Waals surface area (Å²) in [4.78, 5) is 19.7. The summed E-state index contributed by atoms with van der Waals surface area (Å²) in [5.74, 6) is -0.432. The van der Waals surface area contributed by atoms with E-state index in [1.165, 1.54) is 18.4 Å². The van der Waals surface area contributed by atoms with Gasteiger partial charge in [0.25, 0.3) is 0 Å². The topological polar surface area (TPSA) is 64.1 Å². The Hall–Kier alpha value is -1.69. The number of esters is 1. The van der Waals surface area contributed by atoms with Crippen LogP contribution in [-0.4, -0.2) is 29.1 Å². The maximum Gasteiger partial charge on any atom is 0.356 e. The number of pyridine rings is 1. The molecule has 90 valence electrons. The highest BCUT2D eigenvalue weighted by Gasteiger charge is 2.11. The molecule has 0 unspecified atom stereocenters. The van der Waals surface area contributed by atoms with Gasteiger partial charge in [-0.1, -0.05) is 11.3 Å². The first-order valence-electron chi connectivity index (χ1n) is 5.21. The van der Waals surface area contributed by atoms with Crippen molar-refractivity contribution in [3.05, 3.63) is 18.0 Å². The van der Waals surface area contributed by atoms with Crippen LogP contribution in [0.15, 0.2) is 12.3 Å². The summed E-state index contributed by atoms with van der Waals surface area (Å²) in [5, 5.41) is 4.05. The Morgan fingerprint density at radius 1 is 1.53 bits per heavy atom. The number of fused-ring (bicyclic) bond motifs is 1. The fourth-order valence-electron chi connectivity index (χ4n) is 1.36. The van der Waals surface area contributed by atoms with E-state index in [9.17, 15) is 4.79 Å². The number of carbonyl (C=O) groups excluding carboxylic acids is 1. The van der Waals surface area contributed by atoms with Gasteiger partial charge in [0.05, 0.1) is 18.0 Å². The van der Waals surface area contributed by atoms with Crippen LogP contribution >= 0.6 is 11.3 Å². The van der Waals surface area contributed by atoms with E-state index in [1.807, 2.05) is 13.8 Å². The van der Waals surface area contributed by atoms with Gasteiger partial charge in [-0.3, -0.25) is 0 Å². The molecule has 0 aliphatic heterocycles. The number of anilines is 1. The molecule has 6 heteroatoms. The first-order chi connectivity index (χ1) is 8.10. The molecule has 0 spiro atoms. The molecule has 0 saturated heterocycles. The minimum atomic E-state index is -0.432. The number of rotatable bonds is 3. The number of ether oxygens (including phenoxy) is 1. The maximum absolute atomic E-state index is 11.3. The van der Waals surface area contributed by atoms with Crippen LogP contribution in [0, 0.1) is 0 Å². The van der Waals surface area contributed by atoms with E-state index in [0.717, 1.165) is 15.3 Å². The van der Waals surface area contributed by atoms with E-state index >= 15 is 0 Å². The first kappa shape index (κ1) is 11.8. The van der Waals surface area contributed by atoms with Crippen LogP contribution < -0.4 is 5.32 Å². The molecule has 5 nitrogen and oxygen atoms in total. The van der Waals surface area contributed by atoms with Gasteiger partial charge in [0.15, 0.2) is 5.13 Å². The molecule has 0 aromatic carbocycles. The molecule has 2 rings (SSSR count). The predicted octanol–water partition coefficient (Wildman–Crippen LogP) is 2.30. The zero-order chi connectivity index (χ0) is 12.4. The molecule has 0 amide bonds. The van der Waals surface area contributed by atoms with Crippen molar-refractivity contribution in [2.24, 2.45) is 0 Å². The van der Waals surface area contributed by atoms with Crippen LogP contribution in [0.25, 0.3) is 10.2 Å². The standard InChI is InChI=1S/C11H13N3O2S/c1-6(2)13-11-14-8-5-12-7(10(15)16-3)4-9(8)17-11/h4-6H,1-3H3,(H,13,14). The van der Waals surface area contributed by atoms with Crippen LogP contribution in [0.4, 0.5) is 5.13 Å². The third-order valence-electron chi connectivity index (χ3n) is 2.08. The third-order valence-corrected chi connectivity index (χ3v) is 3.03. The number of nitrogens with zero attached hydrogens (tertiary/aromatic N) is 2. The fraction of sp³-hybridized carbons (Fsp3) is 0.364. The summed E-state index contributed by atoms with van der Waals surface area (Å²) < 4.78 is 5.54. The molecule has 0 atom stereocenters. The van der Waals surface area contributed by atoms with E-state index in [0.29, 0.717) is 11.7 Å². The van der Waals surface area contributed by atoms with E-state index in [2.05, 4.69) is 20.0 Å². The van der Waals surface area contributed by atoms with Crippen LogP contribution in [0.2, 0.25) is 0 Å². The lowest BCUT2D eigenvalue weighted by Crippen LogP contribution is -2.08. The van der Waals surface area contributed by atoms with Crippen molar-refractivity contribution in [2.75, 3.05) is 12.4 Å². The van der Waals surface area contributed by atoms with Gasteiger partial charge in [0.2, 0.25) is 0 Å². The monoisotopic (exact) mass is 251 g/mol. The van der Waals surface area contributed by atoms with Gasteiger partial charge < -0.3 is 10.1 Å². The molecule has 0 fully saturated rings. The summed E-state index contributed by atoms with van der Waals surface area (Å²) in [6, 6.07) is 2.02. The lowest BCUT2D eigenvalue weighted by molar-refractivity contribution is 0.0594. The van der Waals surface area contributed by atoms with Gasteiger partial charge in [0, 0.05) is 6.04 Å². The van der Waals surface area contributed by atoms with E-state index in [1.54, 1.807) is 12.3 Å². The number of hydrogen-bond donors (Lipinski definition) is 1. The highest BCUT2D eigenvalue weighted by atomic mass is 32.1. The molecular weight excluding hydrogens is 238 g/mol. The minimum Gasteiger partial charge on any atom is -0.464 e. The molecule has 17 heavy (non-hydrogen) atoms. The van der Waals surface area contributed by atoms with Crippen molar-refractivity contribution in [1.29, 1.82) is 0 Å². The Morgan fingerprint density at radius 2 is 2.29 bits per heavy atom. The molecule has 2 aromatic heterocycles. The van der Waals surface area contributed by atoms with Crippen molar-refractivity contribution < 1.29 is 9.53 Å². The quantitative estimate of drug-likeness (QED) is 0.848. The van der Waals surface area contributed by atoms with Crippen molar-refractivity contribution in [1.82, 2.24) is 9.97 Å². The van der Waals surface area contributed by atoms with Gasteiger partial charge in [-0.15, -0.1) is 0 Å². The zero-order valence-corrected chi connectivity index (χ0v) is 10.7. The SMILES string of the molecule is COC(=O)c1cc2sc(NC(C)C)nc2cn1. The molecule has 2 heterocycles. The van der Waals surface area contributed by atoms with Crippen molar-refractivity contribution in [3.8, 4) is 0 Å². The highest BCUT2D eigenvalue weighted by Crippen LogP contribution is 2.26. The second-order valence-corrected chi connectivity index (χ2v) is 4.88. The highest BCUT2D eigenvalue weighted by molar-refractivity contribution is 7.22. The van der Waals surface area contributed by atoms with Crippen LogP contribution in [0.5, 0.6) is 0 Å². The molecule has 0 aliphatic rings. The Kier molecular flexibility index (Phi) is 3.23. The molecule has 0 aliphatic carbocycles. The Morgan fingerprint density at radius 3 is 2.94 bits per heavy atom. The molecule has 0 radical (unpaired) electrons. The summed E-state index contributed by atoms with van der Waals surface area (Å²) in [6.07, 6.45) is 1.59. The Balaban J connectivity index is 2.37. The summed E-state index contributed by atoms with van der Waals surface area (Å²) in [5.41, 5.74) is 1.09. The predicted molar refractivity (Wildman–Crippen MR) is 67.5 cm³/mol. The average molecular weight is 251 g/mol. The number of carbonyl (C=O) groups is 1. The van der Waals surface area contributed by atoms with Gasteiger partial charge >= 0.3 is 5.97 Å². The summed E-state index contributed by atoms with van der Waals surface area (Å²) >= 11 is 1.50. The fourth-order valence-corrected chi connectivity index (χ4v) is 2.38. The normalized spacial score (nSPS) is 10.8. The summed E-state index contributed by atoms with van der Waals surface area (Å²) in [6.45, 7) is 4.09. The van der Waals surface area contributed by atoms with Crippen LogP contribution in [0.1, 0.15) is 24.3 Å². The zero-order valence-electron chi connectivity index (χ0n) is 9.85. The number of methoxy groups -OCH3 is 1. The Bertz CT molecular complexity index is 551. The van der Waals surface area contributed by atoms with E-state index in [-0.39, 0.29) is 0 Å². The van der Waals surface area contributed by atoms with Crippen molar-refractivity contribution in [3.63, 3.8) is 0 Å². The number of nitrogens with one attached hydrogen (secondary N) is 1. The maximum atomic E-state index is 11.3. The van der Waals surface area contributed by atoms with Crippen LogP contribution in [0.3, 0.4) is 0 Å². The molecule has 1 N–H and O–H groups in total. The number of hydrogen-bond acceptors (Lipinski definition) is 6. The average Bonchev–Trinajstić information content (AvgIpc) is 2.67. The van der Waals surface area contributed by atoms with Gasteiger partial charge in [-0.25, -0.2) is 14.8 Å². The van der Waals surface area contributed by atoms with Gasteiger partial charge in [-0.2, -0.15) is 0 Å². The largest absolute Gasteiger partial charge is 0.464 e. The van der Waals surface area contributed by atoms with Gasteiger partial charge in [-0.05, 0) is 19.9 Å². The molecule has 0 saturated carbocycles. The number of aromatic nitrogens is 2. The summed E-state index contributed by atoms with van der Waals surface area (Å²) in [7, 11) is 1.34. The Labute approximate surface area is 103 Å². The van der Waals surface area contributed by atoms with Crippen molar-refractivity contribution in [2.45, 2.75) is 19.9 Å². The van der Waals surface area contributed by atoms with E-state index in [4.69, 9.17) is 0 Å². The number of thiazole rings is 1. The second kappa shape index (κ2) is 4.67. The smallest absolute Gasteiger partial charge is 0.356 e. The van der Waals surface area contributed by atoms with Gasteiger partial charge in [0.1, 0.15) is 11.2 Å². The molecular formula is C11H13N3O2S. The van der Waals surface area contributed by atoms with Crippen molar-refractivity contribution >= 4 is 32.7 Å². The van der Waals surface area contributed by atoms with Crippen LogP contribution in [-0.2, 0) is 4.74 Å². The minimum absolute atomic E-state index is 0.305. The van der Waals surface area contributed by atoms with E-state index < -0.39 is 5.97 Å². The lowest BCUT2D eigenvalue weighted by Gasteiger charge is -2.03.